The number of ether oxygens (including phenoxy) is 1. The van der Waals surface area contributed by atoms with E-state index < -0.39 is 24.0 Å². The zero-order valence-electron chi connectivity index (χ0n) is 8.02. The van der Waals surface area contributed by atoms with Crippen LogP contribution in [0, 0.1) is 11.6 Å². The number of carbonyl (C=O) groups is 1. The number of hydrogen-bond donors (Lipinski definition) is 0. The Morgan fingerprint density at radius 2 is 2.13 bits per heavy atom. The largest absolute Gasteiger partial charge is 0.466 e. The Labute approximate surface area is 94.4 Å². The summed E-state index contributed by atoms with van der Waals surface area (Å²) in [5, 5.41) is 0. The quantitative estimate of drug-likeness (QED) is 0.628. The van der Waals surface area contributed by atoms with Gasteiger partial charge >= 0.3 is 5.97 Å². The lowest BCUT2D eigenvalue weighted by Gasteiger charge is -2.05. The van der Waals surface area contributed by atoms with Gasteiger partial charge in [0.15, 0.2) is 0 Å². The molecular formula is C10H9BrF2O2. The standard InChI is InChI=1S/C10H9BrF2O2/c1-2-15-9(14)5-6-8(12)4-3-7(11)10(6)13/h3-4H,2,5H2,1H3. The maximum absolute atomic E-state index is 13.4. The summed E-state index contributed by atoms with van der Waals surface area (Å²) in [7, 11) is 0. The Kier molecular flexibility index (Phi) is 4.20. The van der Waals surface area contributed by atoms with Gasteiger partial charge in [-0.1, -0.05) is 0 Å². The molecule has 1 aromatic carbocycles. The highest BCUT2D eigenvalue weighted by Gasteiger charge is 2.16. The molecular weight excluding hydrogens is 270 g/mol. The van der Waals surface area contributed by atoms with Crippen molar-refractivity contribution in [3.8, 4) is 0 Å². The van der Waals surface area contributed by atoms with Gasteiger partial charge in [0, 0.05) is 5.56 Å². The van der Waals surface area contributed by atoms with Gasteiger partial charge in [0.25, 0.3) is 0 Å². The molecule has 2 nitrogen and oxygen atoms in total. The summed E-state index contributed by atoms with van der Waals surface area (Å²) in [4.78, 5) is 11.1. The average Bonchev–Trinajstić information content (AvgIpc) is 2.19. The van der Waals surface area contributed by atoms with Crippen LogP contribution in [-0.2, 0) is 16.0 Å². The predicted octanol–water partition coefficient (Wildman–Crippen LogP) is 2.83. The molecule has 0 saturated heterocycles. The third-order valence-corrected chi connectivity index (χ3v) is 2.38. The third-order valence-electron chi connectivity index (χ3n) is 1.77. The molecule has 0 aliphatic carbocycles. The first-order chi connectivity index (χ1) is 7.06. The van der Waals surface area contributed by atoms with Gasteiger partial charge in [-0.3, -0.25) is 4.79 Å². The summed E-state index contributed by atoms with van der Waals surface area (Å²) in [5.41, 5.74) is -0.275. The van der Waals surface area contributed by atoms with Crippen LogP contribution < -0.4 is 0 Å². The van der Waals surface area contributed by atoms with Crippen LogP contribution in [0.1, 0.15) is 12.5 Å². The van der Waals surface area contributed by atoms with Crippen molar-refractivity contribution >= 4 is 21.9 Å². The zero-order valence-corrected chi connectivity index (χ0v) is 9.61. The lowest BCUT2D eigenvalue weighted by molar-refractivity contribution is -0.142. The van der Waals surface area contributed by atoms with E-state index in [0.717, 1.165) is 6.07 Å². The van der Waals surface area contributed by atoms with E-state index in [1.54, 1.807) is 6.92 Å². The van der Waals surface area contributed by atoms with Crippen LogP contribution in [0.2, 0.25) is 0 Å². The van der Waals surface area contributed by atoms with Crippen LogP contribution in [-0.4, -0.2) is 12.6 Å². The zero-order chi connectivity index (χ0) is 11.4. The van der Waals surface area contributed by atoms with E-state index in [4.69, 9.17) is 0 Å². The molecule has 1 rings (SSSR count). The van der Waals surface area contributed by atoms with E-state index in [2.05, 4.69) is 20.7 Å². The highest BCUT2D eigenvalue weighted by molar-refractivity contribution is 9.10. The first-order valence-electron chi connectivity index (χ1n) is 4.34. The molecule has 0 aliphatic rings. The topological polar surface area (TPSA) is 26.3 Å². The second-order valence-electron chi connectivity index (χ2n) is 2.80. The summed E-state index contributed by atoms with van der Waals surface area (Å²) in [6.45, 7) is 1.82. The van der Waals surface area contributed by atoms with Gasteiger partial charge in [0.1, 0.15) is 11.6 Å². The van der Waals surface area contributed by atoms with Gasteiger partial charge in [-0.15, -0.1) is 0 Å². The van der Waals surface area contributed by atoms with Crippen LogP contribution in [0.4, 0.5) is 8.78 Å². The number of rotatable bonds is 3. The fraction of sp³-hybridized carbons (Fsp3) is 0.300. The van der Waals surface area contributed by atoms with Crippen molar-refractivity contribution in [2.45, 2.75) is 13.3 Å². The minimum atomic E-state index is -0.761. The first-order valence-corrected chi connectivity index (χ1v) is 5.13. The molecule has 0 unspecified atom stereocenters. The van der Waals surface area contributed by atoms with Crippen molar-refractivity contribution in [2.75, 3.05) is 6.61 Å². The number of benzene rings is 1. The smallest absolute Gasteiger partial charge is 0.310 e. The Bertz CT molecular complexity index is 380. The summed E-state index contributed by atoms with van der Waals surface area (Å²) in [6, 6.07) is 2.35. The van der Waals surface area contributed by atoms with Gasteiger partial charge < -0.3 is 4.74 Å². The summed E-state index contributed by atoms with van der Waals surface area (Å²) in [5.74, 6) is -2.15. The van der Waals surface area contributed by atoms with Crippen molar-refractivity contribution in [1.29, 1.82) is 0 Å². The fourth-order valence-electron chi connectivity index (χ4n) is 1.09. The molecule has 0 amide bonds. The highest BCUT2D eigenvalue weighted by atomic mass is 79.9. The average molecular weight is 279 g/mol. The molecule has 0 saturated carbocycles. The molecule has 0 aliphatic heterocycles. The van der Waals surface area contributed by atoms with Crippen LogP contribution in [0.15, 0.2) is 16.6 Å². The van der Waals surface area contributed by atoms with Crippen molar-refractivity contribution in [3.63, 3.8) is 0 Å². The summed E-state index contributed by atoms with van der Waals surface area (Å²) >= 11 is 2.92. The highest BCUT2D eigenvalue weighted by Crippen LogP contribution is 2.22. The van der Waals surface area contributed by atoms with Gasteiger partial charge in [-0.05, 0) is 35.0 Å². The molecule has 82 valence electrons. The lowest BCUT2D eigenvalue weighted by atomic mass is 10.1. The second-order valence-corrected chi connectivity index (χ2v) is 3.66. The third kappa shape index (κ3) is 2.99. The summed E-state index contributed by atoms with van der Waals surface area (Å²) in [6.07, 6.45) is -0.398. The van der Waals surface area contributed by atoms with Gasteiger partial charge in [-0.25, -0.2) is 8.78 Å². The number of hydrogen-bond acceptors (Lipinski definition) is 2. The Hall–Kier alpha value is -0.970. The van der Waals surface area contributed by atoms with Crippen molar-refractivity contribution in [1.82, 2.24) is 0 Å². The molecule has 0 heterocycles. The van der Waals surface area contributed by atoms with Gasteiger partial charge in [0.2, 0.25) is 0 Å². The van der Waals surface area contributed by atoms with E-state index in [9.17, 15) is 13.6 Å². The van der Waals surface area contributed by atoms with Crippen LogP contribution in [0.5, 0.6) is 0 Å². The van der Waals surface area contributed by atoms with Crippen LogP contribution in [0.3, 0.4) is 0 Å². The van der Waals surface area contributed by atoms with Crippen molar-refractivity contribution in [3.05, 3.63) is 33.8 Å². The minimum absolute atomic E-state index is 0.128. The predicted molar refractivity (Wildman–Crippen MR) is 54.4 cm³/mol. The van der Waals surface area contributed by atoms with Crippen LogP contribution in [0.25, 0.3) is 0 Å². The van der Waals surface area contributed by atoms with E-state index >= 15 is 0 Å². The van der Waals surface area contributed by atoms with Crippen molar-refractivity contribution in [2.24, 2.45) is 0 Å². The van der Waals surface area contributed by atoms with E-state index in [0.29, 0.717) is 0 Å². The fourth-order valence-corrected chi connectivity index (χ4v) is 1.46. The number of carbonyl (C=O) groups excluding carboxylic acids is 1. The van der Waals surface area contributed by atoms with E-state index in [1.165, 1.54) is 6.07 Å². The monoisotopic (exact) mass is 278 g/mol. The molecule has 0 fully saturated rings. The molecule has 5 heteroatoms. The van der Waals surface area contributed by atoms with Crippen molar-refractivity contribution < 1.29 is 18.3 Å². The molecule has 0 bridgehead atoms. The maximum atomic E-state index is 13.4. The second kappa shape index (κ2) is 5.21. The number of esters is 1. The van der Waals surface area contributed by atoms with E-state index in [1.807, 2.05) is 0 Å². The van der Waals surface area contributed by atoms with Crippen LogP contribution >= 0.6 is 15.9 Å². The molecule has 0 spiro atoms. The van der Waals surface area contributed by atoms with E-state index in [-0.39, 0.29) is 16.6 Å². The normalized spacial score (nSPS) is 10.1. The molecule has 15 heavy (non-hydrogen) atoms. The number of halogens is 3. The Morgan fingerprint density at radius 1 is 1.47 bits per heavy atom. The minimum Gasteiger partial charge on any atom is -0.466 e. The molecule has 1 aromatic rings. The molecule has 0 N–H and O–H groups in total. The van der Waals surface area contributed by atoms with Gasteiger partial charge in [0.05, 0.1) is 17.5 Å². The SMILES string of the molecule is CCOC(=O)Cc1c(F)ccc(Br)c1F. The first kappa shape index (κ1) is 12.1. The molecule has 0 atom stereocenters. The lowest BCUT2D eigenvalue weighted by Crippen LogP contribution is -2.10. The maximum Gasteiger partial charge on any atom is 0.310 e. The Morgan fingerprint density at radius 3 is 2.73 bits per heavy atom. The summed E-state index contributed by atoms with van der Waals surface area (Å²) < 4.78 is 31.3. The van der Waals surface area contributed by atoms with Gasteiger partial charge in [-0.2, -0.15) is 0 Å². The molecule has 0 radical (unpaired) electrons. The Balaban J connectivity index is 2.93. The molecule has 0 aromatic heterocycles.